The van der Waals surface area contributed by atoms with E-state index in [2.05, 4.69) is 15.3 Å². The van der Waals surface area contributed by atoms with E-state index in [-0.39, 0.29) is 16.6 Å². The Morgan fingerprint density at radius 3 is 2.58 bits per heavy atom. The molecular formula is C19H16ClFN4O. The van der Waals surface area contributed by atoms with Gasteiger partial charge in [0.1, 0.15) is 17.3 Å². The van der Waals surface area contributed by atoms with Crippen LogP contribution in [-0.4, -0.2) is 27.8 Å². The van der Waals surface area contributed by atoms with Gasteiger partial charge in [-0.2, -0.15) is 0 Å². The lowest BCUT2D eigenvalue weighted by Gasteiger charge is -2.16. The molecule has 0 saturated carbocycles. The summed E-state index contributed by atoms with van der Waals surface area (Å²) in [6.07, 6.45) is 2.85. The van der Waals surface area contributed by atoms with Crippen molar-refractivity contribution >= 4 is 29.0 Å². The molecule has 0 saturated heterocycles. The van der Waals surface area contributed by atoms with E-state index in [1.165, 1.54) is 30.6 Å². The van der Waals surface area contributed by atoms with Crippen molar-refractivity contribution in [2.24, 2.45) is 0 Å². The van der Waals surface area contributed by atoms with E-state index in [9.17, 15) is 9.18 Å². The molecule has 0 aliphatic rings. The van der Waals surface area contributed by atoms with Crippen molar-refractivity contribution in [3.05, 3.63) is 83.0 Å². The predicted octanol–water partition coefficient (Wildman–Crippen LogP) is 4.28. The van der Waals surface area contributed by atoms with Crippen LogP contribution in [0.3, 0.4) is 0 Å². The molecule has 132 valence electrons. The number of carbonyl (C=O) groups is 1. The van der Waals surface area contributed by atoms with Crippen molar-refractivity contribution in [1.29, 1.82) is 0 Å². The Morgan fingerprint density at radius 2 is 1.92 bits per heavy atom. The van der Waals surface area contributed by atoms with E-state index >= 15 is 0 Å². The normalized spacial score (nSPS) is 10.4. The molecule has 0 aliphatic carbocycles. The minimum absolute atomic E-state index is 0.0114. The number of hydrogen-bond acceptors (Lipinski definition) is 4. The average Bonchev–Trinajstić information content (AvgIpc) is 2.65. The number of amides is 1. The molecule has 0 aliphatic heterocycles. The van der Waals surface area contributed by atoms with Crippen molar-refractivity contribution < 1.29 is 9.18 Å². The molecule has 0 unspecified atom stereocenters. The Morgan fingerprint density at radius 1 is 1.15 bits per heavy atom. The van der Waals surface area contributed by atoms with Gasteiger partial charge < -0.3 is 10.2 Å². The second-order valence-electron chi connectivity index (χ2n) is 5.69. The number of hydrogen-bond donors (Lipinski definition) is 1. The molecule has 0 atom stereocenters. The standard InChI is InChI=1S/C19H16ClFN4O/c1-25(12-13-5-3-2-4-6-13)19(26)17-10-23-18(11-22-17)24-14-7-8-16(21)15(20)9-14/h2-11H,12H2,1H3,(H,23,24). The summed E-state index contributed by atoms with van der Waals surface area (Å²) in [6.45, 7) is 0.482. The zero-order chi connectivity index (χ0) is 18.5. The number of nitrogens with zero attached hydrogens (tertiary/aromatic N) is 3. The highest BCUT2D eigenvalue weighted by Crippen LogP contribution is 2.21. The molecule has 1 amide bonds. The van der Waals surface area contributed by atoms with Crippen molar-refractivity contribution in [3.8, 4) is 0 Å². The van der Waals surface area contributed by atoms with E-state index < -0.39 is 5.82 Å². The van der Waals surface area contributed by atoms with Gasteiger partial charge in [0.15, 0.2) is 0 Å². The molecule has 1 N–H and O–H groups in total. The van der Waals surface area contributed by atoms with Crippen molar-refractivity contribution in [2.45, 2.75) is 6.54 Å². The van der Waals surface area contributed by atoms with Crippen molar-refractivity contribution in [3.63, 3.8) is 0 Å². The number of anilines is 2. The van der Waals surface area contributed by atoms with Gasteiger partial charge in [-0.15, -0.1) is 0 Å². The fourth-order valence-electron chi connectivity index (χ4n) is 2.35. The van der Waals surface area contributed by atoms with Crippen LogP contribution in [0.25, 0.3) is 0 Å². The van der Waals surface area contributed by atoms with Crippen LogP contribution in [0.2, 0.25) is 5.02 Å². The Balaban J connectivity index is 1.66. The van der Waals surface area contributed by atoms with Gasteiger partial charge >= 0.3 is 0 Å². The van der Waals surface area contributed by atoms with Gasteiger partial charge in [0.25, 0.3) is 5.91 Å². The van der Waals surface area contributed by atoms with Crippen molar-refractivity contribution in [1.82, 2.24) is 14.9 Å². The maximum atomic E-state index is 13.2. The first kappa shape index (κ1) is 17.8. The molecular weight excluding hydrogens is 355 g/mol. The Kier molecular flexibility index (Phi) is 5.43. The first-order valence-electron chi connectivity index (χ1n) is 7.86. The Labute approximate surface area is 155 Å². The summed E-state index contributed by atoms with van der Waals surface area (Å²) in [4.78, 5) is 22.4. The monoisotopic (exact) mass is 370 g/mol. The maximum absolute atomic E-state index is 13.2. The van der Waals surface area contributed by atoms with Gasteiger partial charge in [-0.25, -0.2) is 14.4 Å². The van der Waals surface area contributed by atoms with E-state index in [4.69, 9.17) is 11.6 Å². The second kappa shape index (κ2) is 7.93. The van der Waals surface area contributed by atoms with Crippen LogP contribution in [0.1, 0.15) is 16.1 Å². The number of benzene rings is 2. The summed E-state index contributed by atoms with van der Waals surface area (Å²) >= 11 is 5.75. The summed E-state index contributed by atoms with van der Waals surface area (Å²) in [7, 11) is 1.71. The van der Waals surface area contributed by atoms with Crippen molar-refractivity contribution in [2.75, 3.05) is 12.4 Å². The Hall–Kier alpha value is -2.99. The number of rotatable bonds is 5. The van der Waals surface area contributed by atoms with Gasteiger partial charge in [0.2, 0.25) is 0 Å². The molecule has 3 aromatic rings. The fourth-order valence-corrected chi connectivity index (χ4v) is 2.53. The molecule has 5 nitrogen and oxygen atoms in total. The number of aromatic nitrogens is 2. The molecule has 3 rings (SSSR count). The summed E-state index contributed by atoms with van der Waals surface area (Å²) < 4.78 is 13.2. The van der Waals surface area contributed by atoms with Gasteiger partial charge in [-0.3, -0.25) is 4.79 Å². The SMILES string of the molecule is CN(Cc1ccccc1)C(=O)c1cnc(Nc2ccc(F)c(Cl)c2)cn1. The molecule has 26 heavy (non-hydrogen) atoms. The minimum Gasteiger partial charge on any atom is -0.339 e. The van der Waals surface area contributed by atoms with Crippen LogP contribution < -0.4 is 5.32 Å². The van der Waals surface area contributed by atoms with Gasteiger partial charge in [0.05, 0.1) is 17.4 Å². The highest BCUT2D eigenvalue weighted by Gasteiger charge is 2.14. The zero-order valence-electron chi connectivity index (χ0n) is 14.0. The molecule has 1 heterocycles. The predicted molar refractivity (Wildman–Crippen MR) is 99.0 cm³/mol. The molecule has 1 aromatic heterocycles. The summed E-state index contributed by atoms with van der Waals surface area (Å²) in [5.41, 5.74) is 1.85. The number of carbonyl (C=O) groups excluding carboxylic acids is 1. The molecule has 2 aromatic carbocycles. The minimum atomic E-state index is -0.495. The number of nitrogens with one attached hydrogen (secondary N) is 1. The highest BCUT2D eigenvalue weighted by atomic mass is 35.5. The first-order chi connectivity index (χ1) is 12.5. The second-order valence-corrected chi connectivity index (χ2v) is 6.09. The Bertz CT molecular complexity index is 903. The topological polar surface area (TPSA) is 58.1 Å². The van der Waals surface area contributed by atoms with E-state index in [1.807, 2.05) is 30.3 Å². The first-order valence-corrected chi connectivity index (χ1v) is 8.24. The summed E-state index contributed by atoms with van der Waals surface area (Å²) in [6, 6.07) is 13.9. The van der Waals surface area contributed by atoms with Crippen LogP contribution in [0.15, 0.2) is 60.9 Å². The van der Waals surface area contributed by atoms with Crippen LogP contribution in [0.4, 0.5) is 15.9 Å². The highest BCUT2D eigenvalue weighted by molar-refractivity contribution is 6.31. The largest absolute Gasteiger partial charge is 0.339 e. The zero-order valence-corrected chi connectivity index (χ0v) is 14.7. The lowest BCUT2D eigenvalue weighted by molar-refractivity contribution is 0.0779. The molecule has 0 radical (unpaired) electrons. The third kappa shape index (κ3) is 4.34. The van der Waals surface area contributed by atoms with E-state index in [0.717, 1.165) is 5.56 Å². The van der Waals surface area contributed by atoms with Gasteiger partial charge in [-0.05, 0) is 23.8 Å². The van der Waals surface area contributed by atoms with Crippen LogP contribution in [0, 0.1) is 5.82 Å². The smallest absolute Gasteiger partial charge is 0.274 e. The van der Waals surface area contributed by atoms with Gasteiger partial charge in [-0.1, -0.05) is 41.9 Å². The lowest BCUT2D eigenvalue weighted by atomic mass is 10.2. The lowest BCUT2D eigenvalue weighted by Crippen LogP contribution is -2.27. The van der Waals surface area contributed by atoms with Crippen LogP contribution in [-0.2, 0) is 6.54 Å². The molecule has 7 heteroatoms. The average molecular weight is 371 g/mol. The molecule has 0 bridgehead atoms. The third-order valence-electron chi connectivity index (χ3n) is 3.67. The van der Waals surface area contributed by atoms with E-state index in [1.54, 1.807) is 11.9 Å². The number of halogens is 2. The molecule has 0 fully saturated rings. The maximum Gasteiger partial charge on any atom is 0.274 e. The molecule has 0 spiro atoms. The fraction of sp³-hybridized carbons (Fsp3) is 0.105. The van der Waals surface area contributed by atoms with Gasteiger partial charge in [0, 0.05) is 19.3 Å². The summed E-state index contributed by atoms with van der Waals surface area (Å²) in [5.74, 6) is -0.293. The van der Waals surface area contributed by atoms with Crippen LogP contribution in [0.5, 0.6) is 0 Å². The van der Waals surface area contributed by atoms with Crippen LogP contribution >= 0.6 is 11.6 Å². The quantitative estimate of drug-likeness (QED) is 0.728. The third-order valence-corrected chi connectivity index (χ3v) is 3.96. The van der Waals surface area contributed by atoms with E-state index in [0.29, 0.717) is 18.1 Å². The summed E-state index contributed by atoms with van der Waals surface area (Å²) in [5, 5.41) is 2.97.